The van der Waals surface area contributed by atoms with Crippen molar-refractivity contribution in [3.8, 4) is 5.75 Å². The number of ether oxygens (including phenoxy) is 1. The van der Waals surface area contributed by atoms with Gasteiger partial charge in [0.25, 0.3) is 0 Å². The van der Waals surface area contributed by atoms with Crippen LogP contribution in [0, 0.1) is 5.92 Å². The van der Waals surface area contributed by atoms with Gasteiger partial charge in [0.05, 0.1) is 23.8 Å². The van der Waals surface area contributed by atoms with Crippen LogP contribution in [0.5, 0.6) is 5.75 Å². The highest BCUT2D eigenvalue weighted by molar-refractivity contribution is 6.31. The summed E-state index contributed by atoms with van der Waals surface area (Å²) in [5, 5.41) is 15.0. The van der Waals surface area contributed by atoms with E-state index in [2.05, 4.69) is 10.3 Å². The van der Waals surface area contributed by atoms with Gasteiger partial charge < -0.3 is 15.2 Å². The molecular weight excluding hydrogens is 340 g/mol. The van der Waals surface area contributed by atoms with Crippen molar-refractivity contribution >= 4 is 45.1 Å². The van der Waals surface area contributed by atoms with Gasteiger partial charge in [-0.3, -0.25) is 0 Å². The van der Waals surface area contributed by atoms with Crippen molar-refractivity contribution in [3.05, 3.63) is 41.4 Å². The Bertz CT molecular complexity index is 956. The molecule has 130 valence electrons. The number of anilines is 1. The second-order valence-corrected chi connectivity index (χ2v) is 6.67. The largest absolute Gasteiger partial charge is 0.497 e. The third kappa shape index (κ3) is 3.33. The molecule has 1 atom stereocenters. The van der Waals surface area contributed by atoms with E-state index in [1.165, 1.54) is 0 Å². The van der Waals surface area contributed by atoms with Gasteiger partial charge in [0.15, 0.2) is 0 Å². The number of hydrogen-bond acceptors (Lipinski definition) is 4. The summed E-state index contributed by atoms with van der Waals surface area (Å²) in [5.74, 6) is -0.305. The zero-order valence-electron chi connectivity index (χ0n) is 14.2. The van der Waals surface area contributed by atoms with Gasteiger partial charge in [-0.2, -0.15) is 0 Å². The minimum atomic E-state index is -0.898. The minimum absolute atomic E-state index is 0.0892. The third-order valence-electron chi connectivity index (χ3n) is 4.18. The Morgan fingerprint density at radius 1 is 1.16 bits per heavy atom. The number of aliphatic carboxylic acids is 1. The van der Waals surface area contributed by atoms with Crippen LogP contribution in [0.4, 0.5) is 5.69 Å². The molecule has 0 saturated heterocycles. The maximum Gasteiger partial charge on any atom is 0.326 e. The van der Waals surface area contributed by atoms with E-state index in [0.29, 0.717) is 16.3 Å². The first-order valence-electron chi connectivity index (χ1n) is 7.97. The molecule has 0 bridgehead atoms. The molecule has 1 heterocycles. The van der Waals surface area contributed by atoms with Crippen LogP contribution in [-0.4, -0.2) is 29.2 Å². The molecule has 0 saturated carbocycles. The number of rotatable bonds is 5. The SMILES string of the molecule is COc1ccc2nc3cc(Cl)ccc3c(N[C@@H](C(=O)O)C(C)C)c2c1. The first-order chi connectivity index (χ1) is 11.9. The number of benzene rings is 2. The zero-order valence-corrected chi connectivity index (χ0v) is 15.0. The Kier molecular flexibility index (Phi) is 4.68. The summed E-state index contributed by atoms with van der Waals surface area (Å²) >= 11 is 6.10. The second kappa shape index (κ2) is 6.76. The van der Waals surface area contributed by atoms with E-state index in [1.54, 1.807) is 19.2 Å². The molecule has 3 aromatic rings. The fourth-order valence-electron chi connectivity index (χ4n) is 2.85. The van der Waals surface area contributed by atoms with Crippen LogP contribution in [0.25, 0.3) is 21.8 Å². The average molecular weight is 359 g/mol. The molecule has 0 unspecified atom stereocenters. The van der Waals surface area contributed by atoms with Crippen LogP contribution >= 0.6 is 11.6 Å². The molecule has 3 rings (SSSR count). The van der Waals surface area contributed by atoms with Crippen LogP contribution in [0.15, 0.2) is 36.4 Å². The third-order valence-corrected chi connectivity index (χ3v) is 4.41. The fraction of sp³-hybridized carbons (Fsp3) is 0.263. The van der Waals surface area contributed by atoms with E-state index in [1.807, 2.05) is 38.1 Å². The summed E-state index contributed by atoms with van der Waals surface area (Å²) in [6.07, 6.45) is 0. The first kappa shape index (κ1) is 17.3. The predicted molar refractivity (Wildman–Crippen MR) is 101 cm³/mol. The molecule has 0 spiro atoms. The lowest BCUT2D eigenvalue weighted by Gasteiger charge is -2.22. The molecule has 0 aliphatic rings. The smallest absolute Gasteiger partial charge is 0.326 e. The Balaban J connectivity index is 2.31. The molecule has 25 heavy (non-hydrogen) atoms. The Hall–Kier alpha value is -2.53. The lowest BCUT2D eigenvalue weighted by atomic mass is 10.0. The molecule has 6 heteroatoms. The van der Waals surface area contributed by atoms with Crippen LogP contribution in [-0.2, 0) is 4.79 Å². The molecule has 0 fully saturated rings. The van der Waals surface area contributed by atoms with Gasteiger partial charge in [0.2, 0.25) is 0 Å². The fourth-order valence-corrected chi connectivity index (χ4v) is 3.01. The van der Waals surface area contributed by atoms with Crippen molar-refractivity contribution in [2.24, 2.45) is 5.92 Å². The molecular formula is C19H19ClN2O3. The maximum atomic E-state index is 11.7. The Labute approximate surface area is 150 Å². The Morgan fingerprint density at radius 3 is 2.56 bits per heavy atom. The first-order valence-corrected chi connectivity index (χ1v) is 8.35. The molecule has 1 aromatic heterocycles. The van der Waals surface area contributed by atoms with Crippen LogP contribution in [0.3, 0.4) is 0 Å². The number of fused-ring (bicyclic) bond motifs is 2. The highest BCUT2D eigenvalue weighted by Gasteiger charge is 2.23. The normalized spacial score (nSPS) is 12.5. The molecule has 0 radical (unpaired) electrons. The summed E-state index contributed by atoms with van der Waals surface area (Å²) in [6.45, 7) is 3.74. The summed E-state index contributed by atoms with van der Waals surface area (Å²) in [6, 6.07) is 10.2. The number of halogens is 1. The molecule has 0 aliphatic heterocycles. The molecule has 2 N–H and O–H groups in total. The number of carboxylic acids is 1. The Morgan fingerprint density at radius 2 is 1.92 bits per heavy atom. The van der Waals surface area contributed by atoms with E-state index in [-0.39, 0.29) is 5.92 Å². The second-order valence-electron chi connectivity index (χ2n) is 6.24. The molecule has 0 amide bonds. The summed E-state index contributed by atoms with van der Waals surface area (Å²) < 4.78 is 5.32. The van der Waals surface area contributed by atoms with Crippen LogP contribution < -0.4 is 10.1 Å². The average Bonchev–Trinajstić information content (AvgIpc) is 2.57. The zero-order chi connectivity index (χ0) is 18.1. The highest BCUT2D eigenvalue weighted by Crippen LogP contribution is 2.35. The van der Waals surface area contributed by atoms with Crippen molar-refractivity contribution in [2.75, 3.05) is 12.4 Å². The van der Waals surface area contributed by atoms with Gasteiger partial charge in [0.1, 0.15) is 11.8 Å². The van der Waals surface area contributed by atoms with Gasteiger partial charge in [-0.05, 0) is 42.3 Å². The summed E-state index contributed by atoms with van der Waals surface area (Å²) in [7, 11) is 1.59. The molecule has 0 aliphatic carbocycles. The quantitative estimate of drug-likeness (QED) is 0.653. The summed E-state index contributed by atoms with van der Waals surface area (Å²) in [5.41, 5.74) is 2.17. The standard InChI is InChI=1S/C19H19ClN2O3/c1-10(2)17(19(23)24)22-18-13-6-4-11(20)8-16(13)21-15-7-5-12(25-3)9-14(15)18/h4-10,17H,1-3H3,(H,21,22)(H,23,24)/t17-/m1/s1. The van der Waals surface area contributed by atoms with Crippen LogP contribution in [0.2, 0.25) is 5.02 Å². The lowest BCUT2D eigenvalue weighted by molar-refractivity contribution is -0.138. The number of carboxylic acid groups (broad SMARTS) is 1. The number of methoxy groups -OCH3 is 1. The van der Waals surface area contributed by atoms with Crippen LogP contribution in [0.1, 0.15) is 13.8 Å². The van der Waals surface area contributed by atoms with Crippen molar-refractivity contribution in [3.63, 3.8) is 0 Å². The van der Waals surface area contributed by atoms with Gasteiger partial charge in [-0.15, -0.1) is 0 Å². The summed E-state index contributed by atoms with van der Waals surface area (Å²) in [4.78, 5) is 16.3. The number of pyridine rings is 1. The van der Waals surface area contributed by atoms with Crippen molar-refractivity contribution in [2.45, 2.75) is 19.9 Å². The number of hydrogen-bond donors (Lipinski definition) is 2. The van der Waals surface area contributed by atoms with Gasteiger partial charge >= 0.3 is 5.97 Å². The van der Waals surface area contributed by atoms with E-state index in [4.69, 9.17) is 16.3 Å². The van der Waals surface area contributed by atoms with Gasteiger partial charge in [-0.25, -0.2) is 9.78 Å². The van der Waals surface area contributed by atoms with Crippen molar-refractivity contribution in [1.29, 1.82) is 0 Å². The maximum absolute atomic E-state index is 11.7. The highest BCUT2D eigenvalue weighted by atomic mass is 35.5. The number of nitrogens with zero attached hydrogens (tertiary/aromatic N) is 1. The van der Waals surface area contributed by atoms with Crippen molar-refractivity contribution < 1.29 is 14.6 Å². The topological polar surface area (TPSA) is 71.5 Å². The lowest BCUT2D eigenvalue weighted by Crippen LogP contribution is -2.34. The molecule has 2 aromatic carbocycles. The van der Waals surface area contributed by atoms with E-state index < -0.39 is 12.0 Å². The monoisotopic (exact) mass is 358 g/mol. The number of carbonyl (C=O) groups is 1. The van der Waals surface area contributed by atoms with Gasteiger partial charge in [-0.1, -0.05) is 25.4 Å². The predicted octanol–water partition coefficient (Wildman–Crippen LogP) is 4.57. The molecule has 5 nitrogen and oxygen atoms in total. The van der Waals surface area contributed by atoms with Crippen molar-refractivity contribution in [1.82, 2.24) is 4.98 Å². The van der Waals surface area contributed by atoms with E-state index in [9.17, 15) is 9.90 Å². The minimum Gasteiger partial charge on any atom is -0.497 e. The van der Waals surface area contributed by atoms with E-state index >= 15 is 0 Å². The number of nitrogens with one attached hydrogen (secondary N) is 1. The number of aromatic nitrogens is 1. The van der Waals surface area contributed by atoms with Gasteiger partial charge in [0, 0.05) is 15.8 Å². The van der Waals surface area contributed by atoms with E-state index in [0.717, 1.165) is 22.0 Å².